The van der Waals surface area contributed by atoms with Crippen LogP contribution in [0, 0.1) is 22.5 Å². The number of aryl methyl sites for hydroxylation is 1. The van der Waals surface area contributed by atoms with E-state index in [1.165, 1.54) is 6.07 Å². The van der Waals surface area contributed by atoms with Crippen molar-refractivity contribution in [2.45, 2.75) is 45.1 Å². The van der Waals surface area contributed by atoms with Gasteiger partial charge in [0, 0.05) is 23.3 Å². The molecule has 1 aromatic rings. The van der Waals surface area contributed by atoms with Crippen molar-refractivity contribution in [2.24, 2.45) is 5.41 Å². The summed E-state index contributed by atoms with van der Waals surface area (Å²) in [5.74, 6) is 0.346. The summed E-state index contributed by atoms with van der Waals surface area (Å²) in [7, 11) is 0. The molecule has 0 radical (unpaired) electrons. The maximum Gasteiger partial charge on any atom is 0.310 e. The zero-order valence-corrected chi connectivity index (χ0v) is 12.1. The van der Waals surface area contributed by atoms with Gasteiger partial charge in [0.25, 0.3) is 0 Å². The van der Waals surface area contributed by atoms with E-state index in [-0.39, 0.29) is 22.6 Å². The zero-order valence-electron chi connectivity index (χ0n) is 11.4. The molecule has 1 aliphatic carbocycles. The molecule has 2 rings (SSSR count). The number of rotatable bonds is 4. The summed E-state index contributed by atoms with van der Waals surface area (Å²) in [5.41, 5.74) is 0.849. The molecule has 0 N–H and O–H groups in total. The number of nitrogens with zero attached hydrogens (tertiary/aromatic N) is 1. The van der Waals surface area contributed by atoms with Gasteiger partial charge in [0.15, 0.2) is 5.75 Å². The van der Waals surface area contributed by atoms with Gasteiger partial charge in [-0.25, -0.2) is 0 Å². The lowest BCUT2D eigenvalue weighted by Gasteiger charge is -2.50. The molecular formula is C14H18ClNO3. The predicted molar refractivity (Wildman–Crippen MR) is 74.9 cm³/mol. The molecule has 0 aromatic heterocycles. The highest BCUT2D eigenvalue weighted by Crippen LogP contribution is 2.49. The summed E-state index contributed by atoms with van der Waals surface area (Å²) in [6.07, 6.45) is 1.57. The topological polar surface area (TPSA) is 52.4 Å². The molecule has 4 nitrogen and oxygen atoms in total. The molecule has 1 saturated carbocycles. The Hall–Kier alpha value is -1.29. The number of nitro groups is 1. The van der Waals surface area contributed by atoms with Gasteiger partial charge < -0.3 is 4.74 Å². The van der Waals surface area contributed by atoms with Crippen LogP contribution in [-0.2, 0) is 0 Å². The van der Waals surface area contributed by atoms with Crippen LogP contribution in [0.3, 0.4) is 0 Å². The second-order valence-corrected chi connectivity index (χ2v) is 5.92. The Kier molecular flexibility index (Phi) is 3.72. The number of hydrogen-bond donors (Lipinski definition) is 0. The fraction of sp³-hybridized carbons (Fsp3) is 0.571. The van der Waals surface area contributed by atoms with Gasteiger partial charge in [-0.1, -0.05) is 19.9 Å². The van der Waals surface area contributed by atoms with Gasteiger partial charge in [0.2, 0.25) is 0 Å². The van der Waals surface area contributed by atoms with Crippen molar-refractivity contribution in [3.8, 4) is 5.75 Å². The molecule has 0 heterocycles. The SMILES string of the molecule is CCC1(C)C(Cl)CC1Oc1cc(C)ccc1[N+](=O)[O-]. The van der Waals surface area contributed by atoms with Crippen LogP contribution in [0.15, 0.2) is 18.2 Å². The van der Waals surface area contributed by atoms with Crippen molar-refractivity contribution in [1.82, 2.24) is 0 Å². The number of ether oxygens (including phenoxy) is 1. The van der Waals surface area contributed by atoms with Crippen LogP contribution in [0.5, 0.6) is 5.75 Å². The Labute approximate surface area is 117 Å². The maximum absolute atomic E-state index is 11.0. The molecule has 104 valence electrons. The summed E-state index contributed by atoms with van der Waals surface area (Å²) in [6, 6.07) is 4.93. The van der Waals surface area contributed by atoms with Crippen LogP contribution in [-0.4, -0.2) is 16.4 Å². The Bertz CT molecular complexity index is 505. The second-order valence-electron chi connectivity index (χ2n) is 5.40. The van der Waals surface area contributed by atoms with Crippen molar-refractivity contribution in [3.05, 3.63) is 33.9 Å². The number of nitro benzene ring substituents is 1. The Morgan fingerprint density at radius 1 is 1.58 bits per heavy atom. The monoisotopic (exact) mass is 283 g/mol. The molecule has 0 amide bonds. The first-order valence-corrected chi connectivity index (χ1v) is 6.88. The summed E-state index contributed by atoms with van der Waals surface area (Å²) >= 11 is 6.24. The smallest absolute Gasteiger partial charge is 0.310 e. The minimum absolute atomic E-state index is 0.0158. The van der Waals surface area contributed by atoms with Crippen LogP contribution in [0.4, 0.5) is 5.69 Å². The van der Waals surface area contributed by atoms with Crippen LogP contribution in [0.25, 0.3) is 0 Å². The quantitative estimate of drug-likeness (QED) is 0.475. The van der Waals surface area contributed by atoms with Gasteiger partial charge >= 0.3 is 5.69 Å². The highest BCUT2D eigenvalue weighted by Gasteiger charge is 2.51. The molecule has 0 aliphatic heterocycles. The molecular weight excluding hydrogens is 266 g/mol. The molecule has 1 aromatic carbocycles. The normalized spacial score (nSPS) is 29.7. The van der Waals surface area contributed by atoms with Crippen molar-refractivity contribution in [3.63, 3.8) is 0 Å². The highest BCUT2D eigenvalue weighted by molar-refractivity contribution is 6.21. The van der Waals surface area contributed by atoms with E-state index in [2.05, 4.69) is 13.8 Å². The fourth-order valence-corrected chi connectivity index (χ4v) is 2.88. The van der Waals surface area contributed by atoms with E-state index in [1.807, 2.05) is 6.92 Å². The maximum atomic E-state index is 11.0. The third kappa shape index (κ3) is 2.41. The number of benzene rings is 1. The molecule has 3 atom stereocenters. The highest BCUT2D eigenvalue weighted by atomic mass is 35.5. The Balaban J connectivity index is 2.25. The largest absolute Gasteiger partial charge is 0.483 e. The van der Waals surface area contributed by atoms with Gasteiger partial charge in [-0.2, -0.15) is 0 Å². The Morgan fingerprint density at radius 2 is 2.26 bits per heavy atom. The predicted octanol–water partition coefficient (Wildman–Crippen LogP) is 4.08. The van der Waals surface area contributed by atoms with E-state index >= 15 is 0 Å². The molecule has 3 unspecified atom stereocenters. The van der Waals surface area contributed by atoms with Gasteiger partial charge in [-0.05, 0) is 25.0 Å². The summed E-state index contributed by atoms with van der Waals surface area (Å²) < 4.78 is 5.87. The molecule has 5 heteroatoms. The van der Waals surface area contributed by atoms with Crippen molar-refractivity contribution in [1.29, 1.82) is 0 Å². The average Bonchev–Trinajstić information content (AvgIpc) is 2.37. The molecule has 1 aliphatic rings. The lowest BCUT2D eigenvalue weighted by molar-refractivity contribution is -0.386. The minimum Gasteiger partial charge on any atom is -0.483 e. The number of hydrogen-bond acceptors (Lipinski definition) is 3. The summed E-state index contributed by atoms with van der Waals surface area (Å²) in [6.45, 7) is 6.02. The standard InChI is InChI=1S/C14H18ClNO3/c1-4-14(3)12(15)8-13(14)19-11-7-9(2)5-6-10(11)16(17)18/h5-7,12-13H,4,8H2,1-3H3. The molecule has 0 spiro atoms. The number of halogens is 1. The fourth-order valence-electron chi connectivity index (χ4n) is 2.42. The van der Waals surface area contributed by atoms with E-state index in [4.69, 9.17) is 16.3 Å². The van der Waals surface area contributed by atoms with E-state index in [9.17, 15) is 10.1 Å². The zero-order chi connectivity index (χ0) is 14.2. The van der Waals surface area contributed by atoms with Crippen LogP contribution >= 0.6 is 11.6 Å². The Morgan fingerprint density at radius 3 is 2.79 bits per heavy atom. The minimum atomic E-state index is -0.408. The summed E-state index contributed by atoms with van der Waals surface area (Å²) in [4.78, 5) is 10.6. The van der Waals surface area contributed by atoms with Gasteiger partial charge in [-0.15, -0.1) is 11.6 Å². The second kappa shape index (κ2) is 5.00. The van der Waals surface area contributed by atoms with E-state index in [0.717, 1.165) is 18.4 Å². The lowest BCUT2D eigenvalue weighted by Crippen LogP contribution is -2.55. The molecule has 0 bridgehead atoms. The van der Waals surface area contributed by atoms with Crippen molar-refractivity contribution < 1.29 is 9.66 Å². The third-order valence-corrected chi connectivity index (χ3v) is 4.89. The third-order valence-electron chi connectivity index (χ3n) is 4.22. The van der Waals surface area contributed by atoms with Crippen LogP contribution < -0.4 is 4.74 Å². The lowest BCUT2D eigenvalue weighted by atomic mass is 9.65. The number of alkyl halides is 1. The van der Waals surface area contributed by atoms with Crippen LogP contribution in [0.1, 0.15) is 32.3 Å². The molecule has 0 saturated heterocycles. The first-order valence-electron chi connectivity index (χ1n) is 6.44. The first-order chi connectivity index (χ1) is 8.88. The summed E-state index contributed by atoms with van der Waals surface area (Å²) in [5, 5.41) is 11.1. The van der Waals surface area contributed by atoms with Gasteiger partial charge in [-0.3, -0.25) is 10.1 Å². The van der Waals surface area contributed by atoms with Crippen LogP contribution in [0.2, 0.25) is 0 Å². The van der Waals surface area contributed by atoms with Gasteiger partial charge in [0.1, 0.15) is 6.10 Å². The van der Waals surface area contributed by atoms with E-state index in [1.54, 1.807) is 12.1 Å². The molecule has 1 fully saturated rings. The van der Waals surface area contributed by atoms with E-state index in [0.29, 0.717) is 5.75 Å². The molecule has 19 heavy (non-hydrogen) atoms. The van der Waals surface area contributed by atoms with Crippen molar-refractivity contribution >= 4 is 17.3 Å². The average molecular weight is 284 g/mol. The van der Waals surface area contributed by atoms with Crippen molar-refractivity contribution in [2.75, 3.05) is 0 Å². The first kappa shape index (κ1) is 14.1. The van der Waals surface area contributed by atoms with Gasteiger partial charge in [0.05, 0.1) is 4.92 Å². The van der Waals surface area contributed by atoms with E-state index < -0.39 is 4.92 Å².